The van der Waals surface area contributed by atoms with Gasteiger partial charge in [-0.2, -0.15) is 0 Å². The molecular formula is C31H41N5O8. The Bertz CT molecular complexity index is 1510. The van der Waals surface area contributed by atoms with Crippen molar-refractivity contribution in [1.29, 1.82) is 0 Å². The number of Topliss-reactive ketones (excluding diaryl/α,β-unsaturated/α-hetero) is 2. The van der Waals surface area contributed by atoms with E-state index in [4.69, 9.17) is 5.73 Å². The number of rotatable bonds is 7. The third-order valence-corrected chi connectivity index (χ3v) is 9.62. The normalized spacial score (nSPS) is 28.6. The van der Waals surface area contributed by atoms with Crippen molar-refractivity contribution in [3.05, 3.63) is 39.9 Å². The highest BCUT2D eigenvalue weighted by Gasteiger charge is 2.63. The van der Waals surface area contributed by atoms with Crippen molar-refractivity contribution in [2.24, 2.45) is 17.6 Å². The first-order chi connectivity index (χ1) is 20.7. The van der Waals surface area contributed by atoms with Crippen LogP contribution in [0.1, 0.15) is 48.5 Å². The first-order valence-corrected chi connectivity index (χ1v) is 14.9. The fourth-order valence-electron chi connectivity index (χ4n) is 7.69. The van der Waals surface area contributed by atoms with Crippen LogP contribution in [0.25, 0.3) is 0 Å². The number of ketones is 2. The number of benzene rings is 1. The molecule has 0 aromatic heterocycles. The third kappa shape index (κ3) is 4.56. The van der Waals surface area contributed by atoms with Crippen LogP contribution in [0, 0.1) is 11.8 Å². The summed E-state index contributed by atoms with van der Waals surface area (Å²) in [6.45, 7) is 3.58. The molecule has 0 bridgehead atoms. The number of carbonyl (C=O) groups is 4. The topological polar surface area (TPSA) is 197 Å². The molecule has 1 fully saturated rings. The molecule has 1 saturated heterocycles. The van der Waals surface area contributed by atoms with E-state index >= 15 is 0 Å². The fourth-order valence-corrected chi connectivity index (χ4v) is 7.69. The maximum atomic E-state index is 14.2. The van der Waals surface area contributed by atoms with Gasteiger partial charge in [-0.15, -0.1) is 0 Å². The molecule has 1 unspecified atom stereocenters. The zero-order valence-electron chi connectivity index (χ0n) is 25.7. The lowest BCUT2D eigenvalue weighted by Gasteiger charge is -2.50. The maximum Gasteiger partial charge on any atom is 0.255 e. The van der Waals surface area contributed by atoms with E-state index in [-0.39, 0.29) is 41.6 Å². The van der Waals surface area contributed by atoms with E-state index in [2.05, 4.69) is 10.2 Å². The molecule has 13 heteroatoms. The van der Waals surface area contributed by atoms with Gasteiger partial charge in [0.15, 0.2) is 17.1 Å². The van der Waals surface area contributed by atoms with Crippen LogP contribution in [0.4, 0.5) is 11.4 Å². The van der Waals surface area contributed by atoms with Crippen LogP contribution >= 0.6 is 0 Å². The highest BCUT2D eigenvalue weighted by Crippen LogP contribution is 2.54. The van der Waals surface area contributed by atoms with Gasteiger partial charge in [-0.1, -0.05) is 6.92 Å². The number of hydrogen-bond donors (Lipinski definition) is 6. The number of hydrogen-bond acceptors (Lipinski definition) is 11. The number of carbonyl (C=O) groups excluding carboxylic acids is 4. The van der Waals surface area contributed by atoms with Crippen LogP contribution in [-0.2, 0) is 20.8 Å². The van der Waals surface area contributed by atoms with Crippen molar-refractivity contribution < 1.29 is 39.6 Å². The summed E-state index contributed by atoms with van der Waals surface area (Å²) in [7, 11) is 6.69. The predicted molar refractivity (Wildman–Crippen MR) is 162 cm³/mol. The smallest absolute Gasteiger partial charge is 0.255 e. The molecule has 0 spiro atoms. The Balaban J connectivity index is 1.63. The summed E-state index contributed by atoms with van der Waals surface area (Å²) in [4.78, 5) is 58.6. The number of nitrogens with one attached hydrogen (secondary N) is 1. The number of phenolic OH excluding ortho intramolecular Hbond substituents is 1. The van der Waals surface area contributed by atoms with E-state index in [0.717, 1.165) is 25.9 Å². The van der Waals surface area contributed by atoms with Gasteiger partial charge in [0.25, 0.3) is 5.91 Å². The summed E-state index contributed by atoms with van der Waals surface area (Å²) in [5, 5.41) is 48.6. The number of nitrogens with zero attached hydrogens (tertiary/aromatic N) is 3. The number of primary amides is 1. The number of aliphatic hydroxyl groups excluding tert-OH is 2. The largest absolute Gasteiger partial charge is 0.510 e. The lowest BCUT2D eigenvalue weighted by molar-refractivity contribution is -0.148. The zero-order valence-corrected chi connectivity index (χ0v) is 25.7. The summed E-state index contributed by atoms with van der Waals surface area (Å²) in [5.74, 6) is -7.51. The Morgan fingerprint density at radius 3 is 2.43 bits per heavy atom. The van der Waals surface area contributed by atoms with Gasteiger partial charge in [0.05, 0.1) is 23.3 Å². The number of fused-ring (bicyclic) bond motifs is 3. The molecule has 0 saturated carbocycles. The van der Waals surface area contributed by atoms with Gasteiger partial charge in [0.1, 0.15) is 17.1 Å². The highest BCUT2D eigenvalue weighted by atomic mass is 16.3. The number of anilines is 2. The van der Waals surface area contributed by atoms with E-state index in [1.807, 2.05) is 6.92 Å². The van der Waals surface area contributed by atoms with Crippen LogP contribution in [0.15, 0.2) is 28.7 Å². The van der Waals surface area contributed by atoms with Crippen molar-refractivity contribution in [2.45, 2.75) is 56.7 Å². The summed E-state index contributed by atoms with van der Waals surface area (Å²) < 4.78 is 0. The first kappa shape index (κ1) is 31.5. The predicted octanol–water partition coefficient (Wildman–Crippen LogP) is 1.000. The number of aliphatic hydroxyl groups is 3. The summed E-state index contributed by atoms with van der Waals surface area (Å²) >= 11 is 0. The SMILES string of the molecule is CCCN1CCC[C@H]1C(=O)Nc1cc(N(C)C)c2c(c1O)C(=O)C1=C(O)[C@]3(O)C(=O)C(C(N)=O)=C(O)[C@@H](N(C)C)[C@@H]3CC1C2. The minimum Gasteiger partial charge on any atom is -0.510 e. The van der Waals surface area contributed by atoms with E-state index in [0.29, 0.717) is 17.7 Å². The number of likely N-dealkylation sites (tertiary alicyclic amines) is 1. The Labute approximate surface area is 255 Å². The van der Waals surface area contributed by atoms with Crippen LogP contribution in [0.5, 0.6) is 5.75 Å². The number of nitrogens with two attached hydrogens (primary N) is 1. The number of likely N-dealkylation sites (N-methyl/N-ethyl adjacent to an activating group) is 1. The van der Waals surface area contributed by atoms with Crippen LogP contribution < -0.4 is 16.0 Å². The van der Waals surface area contributed by atoms with Crippen LogP contribution in [-0.4, -0.2) is 113 Å². The average molecular weight is 612 g/mol. The minimum absolute atomic E-state index is 0.00712. The number of allylic oxidation sites excluding steroid dienone is 1. The Kier molecular flexibility index (Phi) is 8.02. The molecule has 7 N–H and O–H groups in total. The molecule has 5 atom stereocenters. The fraction of sp³-hybridized carbons (Fsp3) is 0.548. The summed E-state index contributed by atoms with van der Waals surface area (Å²) in [6, 6.07) is 0.171. The zero-order chi connectivity index (χ0) is 32.4. The van der Waals surface area contributed by atoms with Crippen molar-refractivity contribution in [3.63, 3.8) is 0 Å². The summed E-state index contributed by atoms with van der Waals surface area (Å²) in [5.41, 5.74) is 2.51. The van der Waals surface area contributed by atoms with E-state index in [9.17, 15) is 39.6 Å². The monoisotopic (exact) mass is 611 g/mol. The van der Waals surface area contributed by atoms with Crippen molar-refractivity contribution >= 4 is 34.8 Å². The van der Waals surface area contributed by atoms with Gasteiger partial charge in [0, 0.05) is 31.3 Å². The molecule has 2 amide bonds. The van der Waals surface area contributed by atoms with Gasteiger partial charge >= 0.3 is 0 Å². The van der Waals surface area contributed by atoms with Gasteiger partial charge in [0.2, 0.25) is 11.7 Å². The standard InChI is InChI=1S/C31H41N5O8/c1-6-9-36-10-7-8-18(36)30(43)33-17-13-19(34(2)3)15-11-14-12-16-23(35(4)5)26(39)22(29(32)42)28(41)31(16,44)27(40)20(14)25(38)21(15)24(17)37/h13-14,16,18,23,37,39-40,44H,6-12H2,1-5H3,(H2,32,42)(H,33,43)/t14?,16-,18-,23-,31-/m0/s1. The molecule has 13 nitrogen and oxygen atoms in total. The molecule has 44 heavy (non-hydrogen) atoms. The molecule has 238 valence electrons. The Morgan fingerprint density at radius 2 is 1.84 bits per heavy atom. The molecule has 4 aliphatic rings. The van der Waals surface area contributed by atoms with Gasteiger partial charge < -0.3 is 36.4 Å². The Morgan fingerprint density at radius 1 is 1.16 bits per heavy atom. The lowest BCUT2D eigenvalue weighted by atomic mass is 9.58. The molecule has 0 radical (unpaired) electrons. The van der Waals surface area contributed by atoms with Crippen molar-refractivity contribution in [2.75, 3.05) is 51.5 Å². The average Bonchev–Trinajstić information content (AvgIpc) is 3.40. The van der Waals surface area contributed by atoms with Gasteiger partial charge in [-0.3, -0.25) is 29.0 Å². The second-order valence-corrected chi connectivity index (χ2v) is 12.7. The molecule has 1 heterocycles. The highest BCUT2D eigenvalue weighted by molar-refractivity contribution is 6.25. The van der Waals surface area contributed by atoms with Gasteiger partial charge in [-0.05, 0) is 76.8 Å². The second kappa shape index (κ2) is 11.2. The molecule has 1 aromatic carbocycles. The molecule has 1 aromatic rings. The number of amides is 2. The quantitative estimate of drug-likeness (QED) is 0.190. The third-order valence-electron chi connectivity index (χ3n) is 9.62. The maximum absolute atomic E-state index is 14.2. The lowest BCUT2D eigenvalue weighted by Crippen LogP contribution is -2.63. The summed E-state index contributed by atoms with van der Waals surface area (Å²) in [6.07, 6.45) is 2.56. The number of aromatic hydroxyl groups is 1. The van der Waals surface area contributed by atoms with E-state index < -0.39 is 63.8 Å². The second-order valence-electron chi connectivity index (χ2n) is 12.7. The van der Waals surface area contributed by atoms with Crippen LogP contribution in [0.3, 0.4) is 0 Å². The minimum atomic E-state index is -2.72. The molecule has 5 rings (SSSR count). The first-order valence-electron chi connectivity index (χ1n) is 14.9. The van der Waals surface area contributed by atoms with Crippen LogP contribution in [0.2, 0.25) is 0 Å². The molecule has 1 aliphatic heterocycles. The van der Waals surface area contributed by atoms with Crippen molar-refractivity contribution in [3.8, 4) is 5.75 Å². The van der Waals surface area contributed by atoms with E-state index in [1.54, 1.807) is 39.2 Å². The van der Waals surface area contributed by atoms with E-state index in [1.165, 1.54) is 4.90 Å². The Hall–Kier alpha value is -3.94. The molecular weight excluding hydrogens is 570 g/mol. The van der Waals surface area contributed by atoms with Gasteiger partial charge in [-0.25, -0.2) is 0 Å². The van der Waals surface area contributed by atoms with Crippen molar-refractivity contribution in [1.82, 2.24) is 9.80 Å². The molecule has 3 aliphatic carbocycles. The number of phenols is 1.